The van der Waals surface area contributed by atoms with Crippen molar-refractivity contribution in [2.24, 2.45) is 0 Å². The molecule has 2 N–H and O–H groups in total. The number of halogens is 1. The molecule has 3 aromatic rings. The van der Waals surface area contributed by atoms with Crippen molar-refractivity contribution in [3.05, 3.63) is 58.7 Å². The lowest BCUT2D eigenvalue weighted by Crippen LogP contribution is -2.35. The van der Waals surface area contributed by atoms with Gasteiger partial charge in [0.1, 0.15) is 5.75 Å². The fraction of sp³-hybridized carbons (Fsp3) is 0.533. The van der Waals surface area contributed by atoms with Crippen LogP contribution in [0.1, 0.15) is 82.3 Å². The Morgan fingerprint density at radius 2 is 1.38 bits per heavy atom. The van der Waals surface area contributed by atoms with Gasteiger partial charge in [-0.05, 0) is 61.0 Å². The van der Waals surface area contributed by atoms with Crippen molar-refractivity contribution >= 4 is 29.2 Å². The first kappa shape index (κ1) is 29.0. The van der Waals surface area contributed by atoms with Gasteiger partial charge >= 0.3 is 0 Å². The highest BCUT2D eigenvalue weighted by Crippen LogP contribution is 2.40. The number of imidazole rings is 1. The number of para-hydroxylation sites is 2. The monoisotopic (exact) mass is 526 g/mol. The van der Waals surface area contributed by atoms with Gasteiger partial charge in [0.05, 0.1) is 17.6 Å². The van der Waals surface area contributed by atoms with E-state index in [0.717, 1.165) is 48.3 Å². The Bertz CT molecular complexity index is 1280. The minimum Gasteiger partial charge on any atom is -0.507 e. The molecule has 0 unspecified atom stereocenters. The molecule has 0 amide bonds. The van der Waals surface area contributed by atoms with Gasteiger partial charge in [0, 0.05) is 29.8 Å². The number of phenolic OH excluding ortho intramolecular Hbond substituents is 1. The molecule has 37 heavy (non-hydrogen) atoms. The van der Waals surface area contributed by atoms with Crippen LogP contribution in [-0.4, -0.2) is 44.6 Å². The molecule has 0 aliphatic carbocycles. The molecule has 202 valence electrons. The van der Waals surface area contributed by atoms with E-state index >= 15 is 0 Å². The third-order valence-corrected chi connectivity index (χ3v) is 7.41. The van der Waals surface area contributed by atoms with E-state index in [9.17, 15) is 9.90 Å². The lowest BCUT2D eigenvalue weighted by Gasteiger charge is -2.28. The number of piperidine rings is 1. The van der Waals surface area contributed by atoms with Crippen LogP contribution in [0.2, 0.25) is 0 Å². The number of Topliss-reactive ketones (excluding diaryl/α,β-unsaturated/α-hetero) is 1. The first-order valence-electron chi connectivity index (χ1n) is 13.2. The molecule has 4 rings (SSSR count). The van der Waals surface area contributed by atoms with Crippen molar-refractivity contribution in [3.8, 4) is 5.75 Å². The van der Waals surface area contributed by atoms with E-state index in [-0.39, 0.29) is 41.3 Å². The van der Waals surface area contributed by atoms with Crippen LogP contribution in [0.4, 0.5) is 0 Å². The number of hydrogen-bond acceptors (Lipinski definition) is 4. The zero-order chi connectivity index (χ0) is 26.3. The number of phenols is 1. The van der Waals surface area contributed by atoms with E-state index in [1.165, 1.54) is 19.3 Å². The Morgan fingerprint density at radius 1 is 0.865 bits per heavy atom. The van der Waals surface area contributed by atoms with Crippen molar-refractivity contribution in [1.29, 1.82) is 5.41 Å². The first-order chi connectivity index (χ1) is 16.9. The molecular formula is C30H43ClN4O2. The van der Waals surface area contributed by atoms with Crippen LogP contribution >= 0.6 is 12.4 Å². The summed E-state index contributed by atoms with van der Waals surface area (Å²) in [6.07, 6.45) is 3.79. The van der Waals surface area contributed by atoms with Gasteiger partial charge in [-0.3, -0.25) is 10.2 Å². The number of aromatic nitrogens is 2. The summed E-state index contributed by atoms with van der Waals surface area (Å²) in [6.45, 7) is 16.3. The number of carbonyl (C=O) groups excluding carboxylic acids is 1. The number of nitrogens with one attached hydrogen (secondary N) is 1. The summed E-state index contributed by atoms with van der Waals surface area (Å²) in [7, 11) is 0. The Kier molecular flexibility index (Phi) is 8.65. The van der Waals surface area contributed by atoms with E-state index in [1.54, 1.807) is 0 Å². The van der Waals surface area contributed by atoms with Crippen molar-refractivity contribution in [3.63, 3.8) is 0 Å². The quantitative estimate of drug-likeness (QED) is 0.386. The molecule has 2 aromatic carbocycles. The molecule has 7 heteroatoms. The predicted molar refractivity (Wildman–Crippen MR) is 153 cm³/mol. The molecule has 1 aliphatic rings. The Balaban J connectivity index is 0.00000380. The number of rotatable bonds is 6. The second-order valence-electron chi connectivity index (χ2n) is 12.3. The maximum atomic E-state index is 13.7. The number of carbonyl (C=O) groups is 1. The maximum Gasteiger partial charge on any atom is 0.203 e. The normalized spacial score (nSPS) is 15.1. The number of ketones is 1. The molecule has 1 aliphatic heterocycles. The molecular weight excluding hydrogens is 484 g/mol. The zero-order valence-corrected chi connectivity index (χ0v) is 24.0. The van der Waals surface area contributed by atoms with Crippen molar-refractivity contribution in [1.82, 2.24) is 14.0 Å². The summed E-state index contributed by atoms with van der Waals surface area (Å²) < 4.78 is 3.86. The SMILES string of the molecule is CC(C)(C)c1cc(C(=O)Cn2c(=N)n(CCN3CCCCC3)c3ccccc32)cc(C(C)(C)C)c1O.Cl. The predicted octanol–water partition coefficient (Wildman–Crippen LogP) is 6.01. The van der Waals surface area contributed by atoms with Gasteiger partial charge in [-0.25, -0.2) is 0 Å². The highest BCUT2D eigenvalue weighted by Gasteiger charge is 2.28. The second kappa shape index (κ2) is 11.0. The summed E-state index contributed by atoms with van der Waals surface area (Å²) in [4.78, 5) is 16.2. The Labute approximate surface area is 227 Å². The molecule has 1 aromatic heterocycles. The van der Waals surface area contributed by atoms with Gasteiger partial charge < -0.3 is 19.1 Å². The molecule has 0 spiro atoms. The molecule has 0 saturated carbocycles. The second-order valence-corrected chi connectivity index (χ2v) is 12.3. The number of likely N-dealkylation sites (tertiary alicyclic amines) is 1. The minimum absolute atomic E-state index is 0. The average Bonchev–Trinajstić information content (AvgIpc) is 3.07. The summed E-state index contributed by atoms with van der Waals surface area (Å²) in [5, 5.41) is 20.0. The Morgan fingerprint density at radius 3 is 1.89 bits per heavy atom. The molecule has 0 bridgehead atoms. The van der Waals surface area contributed by atoms with Crippen molar-refractivity contribution in [2.45, 2.75) is 84.7 Å². The topological polar surface area (TPSA) is 74.2 Å². The Hall–Kier alpha value is -2.57. The van der Waals surface area contributed by atoms with Crippen LogP contribution in [0.3, 0.4) is 0 Å². The lowest BCUT2D eigenvalue weighted by molar-refractivity contribution is 0.0971. The fourth-order valence-corrected chi connectivity index (χ4v) is 5.28. The molecule has 1 fully saturated rings. The first-order valence-corrected chi connectivity index (χ1v) is 13.2. The minimum atomic E-state index is -0.307. The lowest BCUT2D eigenvalue weighted by atomic mass is 9.78. The summed E-state index contributed by atoms with van der Waals surface area (Å²) in [6, 6.07) is 11.7. The number of nitrogens with zero attached hydrogens (tertiary/aromatic N) is 3. The summed E-state index contributed by atoms with van der Waals surface area (Å²) >= 11 is 0. The molecule has 2 heterocycles. The van der Waals surface area contributed by atoms with Crippen LogP contribution in [-0.2, 0) is 23.9 Å². The highest BCUT2D eigenvalue weighted by atomic mass is 35.5. The largest absolute Gasteiger partial charge is 0.507 e. The molecule has 0 radical (unpaired) electrons. The molecule has 0 atom stereocenters. The van der Waals surface area contributed by atoms with Crippen LogP contribution in [0.15, 0.2) is 36.4 Å². The van der Waals surface area contributed by atoms with Crippen LogP contribution < -0.4 is 5.62 Å². The highest BCUT2D eigenvalue weighted by molar-refractivity contribution is 5.97. The van der Waals surface area contributed by atoms with E-state index in [0.29, 0.717) is 11.2 Å². The van der Waals surface area contributed by atoms with Crippen LogP contribution in [0.25, 0.3) is 11.0 Å². The summed E-state index contributed by atoms with van der Waals surface area (Å²) in [5.74, 6) is 0.220. The zero-order valence-electron chi connectivity index (χ0n) is 23.2. The number of hydrogen-bond donors (Lipinski definition) is 2. The summed E-state index contributed by atoms with van der Waals surface area (Å²) in [5.41, 5.74) is 3.77. The van der Waals surface area contributed by atoms with Crippen molar-refractivity contribution < 1.29 is 9.90 Å². The van der Waals surface area contributed by atoms with Crippen LogP contribution in [0.5, 0.6) is 5.75 Å². The van der Waals surface area contributed by atoms with Gasteiger partial charge in [-0.2, -0.15) is 0 Å². The van der Waals surface area contributed by atoms with Gasteiger partial charge in [0.15, 0.2) is 5.78 Å². The van der Waals surface area contributed by atoms with Gasteiger partial charge in [-0.15, -0.1) is 12.4 Å². The van der Waals surface area contributed by atoms with Gasteiger partial charge in [-0.1, -0.05) is 60.1 Å². The fourth-order valence-electron chi connectivity index (χ4n) is 5.28. The van der Waals surface area contributed by atoms with Gasteiger partial charge in [0.2, 0.25) is 5.62 Å². The van der Waals surface area contributed by atoms with E-state index in [4.69, 9.17) is 5.41 Å². The number of benzene rings is 2. The number of fused-ring (bicyclic) bond motifs is 1. The average molecular weight is 527 g/mol. The van der Waals surface area contributed by atoms with Crippen LogP contribution in [0, 0.1) is 5.41 Å². The van der Waals surface area contributed by atoms with E-state index in [1.807, 2.05) is 45.5 Å². The number of aromatic hydroxyl groups is 1. The maximum absolute atomic E-state index is 13.7. The smallest absolute Gasteiger partial charge is 0.203 e. The van der Waals surface area contributed by atoms with Crippen molar-refractivity contribution in [2.75, 3.05) is 19.6 Å². The standard InChI is InChI=1S/C30H42N4O2.ClH/c1-29(2,3)22-18-21(19-23(27(22)36)30(4,5)6)26(35)20-34-25-13-9-8-12-24(25)33(28(34)31)17-16-32-14-10-7-11-15-32;/h8-9,12-13,18-19,31,36H,7,10-11,14-17,20H2,1-6H3;1H. The third-order valence-electron chi connectivity index (χ3n) is 7.41. The van der Waals surface area contributed by atoms with E-state index in [2.05, 4.69) is 46.4 Å². The molecule has 6 nitrogen and oxygen atoms in total. The third kappa shape index (κ3) is 6.12. The molecule has 1 saturated heterocycles. The van der Waals surface area contributed by atoms with Gasteiger partial charge in [0.25, 0.3) is 0 Å². The van der Waals surface area contributed by atoms with E-state index < -0.39 is 0 Å².